The first-order valence-corrected chi connectivity index (χ1v) is 9.88. The van der Waals surface area contributed by atoms with E-state index < -0.39 is 30.1 Å². The number of hydrogen-bond acceptors (Lipinski definition) is 5. The van der Waals surface area contributed by atoms with Gasteiger partial charge in [0.15, 0.2) is 0 Å². The van der Waals surface area contributed by atoms with E-state index in [-0.39, 0.29) is 12.6 Å². The highest BCUT2D eigenvalue weighted by Gasteiger charge is 2.08. The molecule has 0 spiro atoms. The molecule has 1 heterocycles. The highest BCUT2D eigenvalue weighted by molar-refractivity contribution is 7.97. The molecule has 6 nitrogen and oxygen atoms in total. The zero-order valence-corrected chi connectivity index (χ0v) is 16.6. The van der Waals surface area contributed by atoms with Gasteiger partial charge < -0.3 is 4.74 Å². The van der Waals surface area contributed by atoms with Crippen LogP contribution in [-0.2, 0) is 6.54 Å². The van der Waals surface area contributed by atoms with Crippen molar-refractivity contribution in [3.8, 4) is 5.75 Å². The molecule has 0 bridgehead atoms. The molecule has 1 unspecified atom stereocenters. The van der Waals surface area contributed by atoms with Gasteiger partial charge in [-0.3, -0.25) is 19.1 Å². The Bertz CT molecular complexity index is 931. The third-order valence-electron chi connectivity index (χ3n) is 3.82. The third-order valence-corrected chi connectivity index (χ3v) is 4.78. The Morgan fingerprint density at radius 3 is 2.86 bits per heavy atom. The fraction of sp³-hybridized carbons (Fsp3) is 0.368. The maximum absolute atomic E-state index is 13.2. The molecule has 0 saturated carbocycles. The number of ether oxygens (including phenoxy) is 1. The third kappa shape index (κ3) is 7.82. The van der Waals surface area contributed by atoms with Crippen LogP contribution in [-0.4, -0.2) is 28.3 Å². The number of aromatic nitrogens is 2. The first-order valence-electron chi connectivity index (χ1n) is 8.89. The Hall–Kier alpha value is -2.46. The van der Waals surface area contributed by atoms with Crippen molar-refractivity contribution < 1.29 is 17.9 Å². The average molecular weight is 429 g/mol. The maximum atomic E-state index is 13.2. The van der Waals surface area contributed by atoms with Crippen LogP contribution in [0.15, 0.2) is 52.2 Å². The number of rotatable bonds is 11. The molecule has 1 atom stereocenters. The van der Waals surface area contributed by atoms with Gasteiger partial charge in [-0.1, -0.05) is 36.2 Å². The number of hydrogen-bond donors (Lipinski definition) is 2. The van der Waals surface area contributed by atoms with Gasteiger partial charge in [-0.2, -0.15) is 4.39 Å². The van der Waals surface area contributed by atoms with E-state index in [4.69, 9.17) is 4.74 Å². The fourth-order valence-corrected chi connectivity index (χ4v) is 3.09. The van der Waals surface area contributed by atoms with E-state index in [2.05, 4.69) is 4.72 Å². The fourth-order valence-electron chi connectivity index (χ4n) is 2.34. The quantitative estimate of drug-likeness (QED) is 0.326. The zero-order chi connectivity index (χ0) is 21.2. The smallest absolute Gasteiger partial charge is 0.328 e. The van der Waals surface area contributed by atoms with Crippen LogP contribution in [0.3, 0.4) is 0 Å². The molecule has 2 aromatic rings. The minimum absolute atomic E-state index is 0.0122. The Morgan fingerprint density at radius 1 is 1.31 bits per heavy atom. The topological polar surface area (TPSA) is 76.1 Å². The van der Waals surface area contributed by atoms with E-state index in [1.807, 2.05) is 24.1 Å². The summed E-state index contributed by atoms with van der Waals surface area (Å²) in [6.45, 7) is 1.48. The number of aromatic amines is 1. The molecule has 158 valence electrons. The highest BCUT2D eigenvalue weighted by atomic mass is 32.2. The van der Waals surface area contributed by atoms with Gasteiger partial charge in [-0.25, -0.2) is 13.6 Å². The lowest BCUT2D eigenvalue weighted by atomic mass is 10.1. The summed E-state index contributed by atoms with van der Waals surface area (Å²) in [5.74, 6) is 0.144. The highest BCUT2D eigenvalue weighted by Crippen LogP contribution is 2.21. The second-order valence-corrected chi connectivity index (χ2v) is 7.04. The van der Waals surface area contributed by atoms with Crippen molar-refractivity contribution in [3.63, 3.8) is 0 Å². The van der Waals surface area contributed by atoms with Gasteiger partial charge in [0, 0.05) is 18.3 Å². The molecule has 0 aliphatic heterocycles. The monoisotopic (exact) mass is 429 g/mol. The molecule has 0 fully saturated rings. The van der Waals surface area contributed by atoms with Gasteiger partial charge in [0.05, 0.1) is 6.20 Å². The van der Waals surface area contributed by atoms with E-state index in [9.17, 15) is 22.8 Å². The van der Waals surface area contributed by atoms with Crippen LogP contribution in [0, 0.1) is 5.82 Å². The molecule has 0 aliphatic rings. The van der Waals surface area contributed by atoms with Gasteiger partial charge in [0.2, 0.25) is 5.82 Å². The van der Waals surface area contributed by atoms with E-state index in [0.29, 0.717) is 12.2 Å². The van der Waals surface area contributed by atoms with Crippen LogP contribution in [0.5, 0.6) is 5.75 Å². The molecule has 2 N–H and O–H groups in total. The molecule has 29 heavy (non-hydrogen) atoms. The molecule has 0 amide bonds. The van der Waals surface area contributed by atoms with E-state index in [1.54, 1.807) is 24.3 Å². The summed E-state index contributed by atoms with van der Waals surface area (Å²) in [5.41, 5.74) is -0.775. The summed E-state index contributed by atoms with van der Waals surface area (Å²) in [6.07, 6.45) is 2.64. The minimum Gasteiger partial charge on any atom is -0.488 e. The SMILES string of the molecule is CC(NSCC/C=C/Cn1cc(F)c(=O)[nH]c1=O)c1cccc(OCC(F)F)c1. The van der Waals surface area contributed by atoms with Crippen LogP contribution in [0.2, 0.25) is 0 Å². The average Bonchev–Trinajstić information content (AvgIpc) is 2.69. The number of alkyl halides is 2. The molecular formula is C19H22F3N3O3S. The Morgan fingerprint density at radius 2 is 2.10 bits per heavy atom. The van der Waals surface area contributed by atoms with Gasteiger partial charge in [-0.15, -0.1) is 0 Å². The summed E-state index contributed by atoms with van der Waals surface area (Å²) in [5, 5.41) is 0. The standard InChI is InChI=1S/C19H22F3N3O3S/c1-13(14-6-5-7-15(10-14)28-12-17(21)22)24-29-9-4-2-3-8-25-11-16(20)18(26)23-19(25)27/h2-3,5-7,10-11,13,17,24H,4,8-9,12H2,1H3,(H,23,26,27)/b3-2+. The molecule has 2 rings (SSSR count). The molecule has 0 radical (unpaired) electrons. The number of H-pyrrole nitrogens is 1. The number of halogens is 3. The summed E-state index contributed by atoms with van der Waals surface area (Å²) < 4.78 is 47.0. The normalized spacial score (nSPS) is 12.6. The summed E-state index contributed by atoms with van der Waals surface area (Å²) in [6, 6.07) is 6.98. The lowest BCUT2D eigenvalue weighted by Crippen LogP contribution is -2.31. The first kappa shape index (κ1) is 22.8. The van der Waals surface area contributed by atoms with Crippen molar-refractivity contribution in [1.29, 1.82) is 0 Å². The van der Waals surface area contributed by atoms with Crippen LogP contribution >= 0.6 is 11.9 Å². The zero-order valence-electron chi connectivity index (χ0n) is 15.7. The Balaban J connectivity index is 1.71. The summed E-state index contributed by atoms with van der Waals surface area (Å²) in [4.78, 5) is 24.4. The van der Waals surface area contributed by atoms with E-state index >= 15 is 0 Å². The van der Waals surface area contributed by atoms with E-state index in [1.165, 1.54) is 11.9 Å². The largest absolute Gasteiger partial charge is 0.488 e. The molecule has 10 heteroatoms. The predicted octanol–water partition coefficient (Wildman–Crippen LogP) is 3.26. The van der Waals surface area contributed by atoms with Crippen molar-refractivity contribution in [2.75, 3.05) is 12.4 Å². The van der Waals surface area contributed by atoms with Crippen LogP contribution < -0.4 is 20.7 Å². The van der Waals surface area contributed by atoms with Crippen molar-refractivity contribution in [2.24, 2.45) is 0 Å². The van der Waals surface area contributed by atoms with Crippen LogP contribution in [0.1, 0.15) is 24.9 Å². The van der Waals surface area contributed by atoms with Crippen molar-refractivity contribution in [1.82, 2.24) is 14.3 Å². The number of benzene rings is 1. The predicted molar refractivity (Wildman–Crippen MR) is 107 cm³/mol. The maximum Gasteiger partial charge on any atom is 0.328 e. The Kier molecular flexibility index (Phi) is 9.07. The van der Waals surface area contributed by atoms with Crippen LogP contribution in [0.25, 0.3) is 0 Å². The van der Waals surface area contributed by atoms with Gasteiger partial charge in [-0.05, 0) is 31.0 Å². The number of nitrogens with one attached hydrogen (secondary N) is 2. The summed E-state index contributed by atoms with van der Waals surface area (Å²) >= 11 is 1.50. The van der Waals surface area contributed by atoms with Gasteiger partial charge >= 0.3 is 5.69 Å². The lowest BCUT2D eigenvalue weighted by molar-refractivity contribution is 0.0818. The van der Waals surface area contributed by atoms with E-state index in [0.717, 1.165) is 22.1 Å². The van der Waals surface area contributed by atoms with Gasteiger partial charge in [0.1, 0.15) is 12.4 Å². The molecule has 0 saturated heterocycles. The van der Waals surface area contributed by atoms with Gasteiger partial charge in [0.25, 0.3) is 12.0 Å². The van der Waals surface area contributed by atoms with Crippen molar-refractivity contribution >= 4 is 11.9 Å². The Labute approximate surface area is 169 Å². The molecular weight excluding hydrogens is 407 g/mol. The second kappa shape index (κ2) is 11.5. The molecule has 0 aliphatic carbocycles. The summed E-state index contributed by atoms with van der Waals surface area (Å²) in [7, 11) is 0. The van der Waals surface area contributed by atoms with Crippen LogP contribution in [0.4, 0.5) is 13.2 Å². The number of nitrogens with zero attached hydrogens (tertiary/aromatic N) is 1. The second-order valence-electron chi connectivity index (χ2n) is 6.11. The molecule has 1 aromatic heterocycles. The number of allylic oxidation sites excluding steroid dienone is 2. The molecule has 1 aromatic carbocycles. The first-order chi connectivity index (χ1) is 13.9. The van der Waals surface area contributed by atoms with Crippen molar-refractivity contribution in [2.45, 2.75) is 32.4 Å². The van der Waals surface area contributed by atoms with Crippen molar-refractivity contribution in [3.05, 3.63) is 74.8 Å². The lowest BCUT2D eigenvalue weighted by Gasteiger charge is -2.14. The minimum atomic E-state index is -2.51.